The van der Waals surface area contributed by atoms with Gasteiger partial charge >= 0.3 is 0 Å². The molecule has 0 radical (unpaired) electrons. The number of amides is 1. The molecule has 1 aliphatic heterocycles. The third kappa shape index (κ3) is 3.69. The Morgan fingerprint density at radius 3 is 2.67 bits per heavy atom. The summed E-state index contributed by atoms with van der Waals surface area (Å²) >= 11 is 0. The predicted octanol–water partition coefficient (Wildman–Crippen LogP) is 0.557. The average Bonchev–Trinajstić information content (AvgIpc) is 2.62. The zero-order chi connectivity index (χ0) is 12.3. The number of rotatable bonds is 3. The zero-order valence-corrected chi connectivity index (χ0v) is 11.5. The van der Waals surface area contributed by atoms with E-state index in [1.165, 1.54) is 0 Å². The smallest absolute Gasteiger partial charge is 0.240 e. The molecule has 0 saturated carbocycles. The van der Waals surface area contributed by atoms with Crippen LogP contribution in [0.15, 0.2) is 4.52 Å². The molecule has 1 aromatic heterocycles. The van der Waals surface area contributed by atoms with Crippen LogP contribution in [0, 0.1) is 13.8 Å². The van der Waals surface area contributed by atoms with Gasteiger partial charge in [0.05, 0.1) is 12.2 Å². The van der Waals surface area contributed by atoms with Crippen molar-refractivity contribution in [2.45, 2.75) is 13.8 Å². The van der Waals surface area contributed by atoms with Gasteiger partial charge < -0.3 is 9.84 Å². The van der Waals surface area contributed by atoms with Crippen LogP contribution in [0.1, 0.15) is 11.3 Å². The third-order valence-corrected chi connectivity index (χ3v) is 2.99. The van der Waals surface area contributed by atoms with Crippen LogP contribution < -0.4 is 10.6 Å². The number of hydrogen-bond donors (Lipinski definition) is 2. The minimum absolute atomic E-state index is 0. The lowest BCUT2D eigenvalue weighted by Gasteiger charge is -2.26. The second-order valence-corrected chi connectivity index (χ2v) is 4.30. The highest BCUT2D eigenvalue weighted by Crippen LogP contribution is 2.17. The molecule has 0 spiro atoms. The van der Waals surface area contributed by atoms with Crippen LogP contribution in [0.3, 0.4) is 0 Å². The Morgan fingerprint density at radius 2 is 2.11 bits per heavy atom. The molecule has 0 aromatic carbocycles. The monoisotopic (exact) mass is 274 g/mol. The first kappa shape index (κ1) is 14.9. The van der Waals surface area contributed by atoms with E-state index in [4.69, 9.17) is 4.52 Å². The van der Waals surface area contributed by atoms with Gasteiger partial charge in [-0.3, -0.25) is 15.0 Å². The van der Waals surface area contributed by atoms with E-state index in [-0.39, 0.29) is 18.3 Å². The Balaban J connectivity index is 0.00000162. The molecule has 1 aliphatic rings. The van der Waals surface area contributed by atoms with Crippen molar-refractivity contribution in [3.8, 4) is 0 Å². The molecule has 102 valence electrons. The fourth-order valence-electron chi connectivity index (χ4n) is 1.77. The van der Waals surface area contributed by atoms with E-state index < -0.39 is 0 Å². The fraction of sp³-hybridized carbons (Fsp3) is 0.636. The number of aryl methyl sites for hydroxylation is 1. The summed E-state index contributed by atoms with van der Waals surface area (Å²) in [5.41, 5.74) is 1.70. The van der Waals surface area contributed by atoms with Gasteiger partial charge in [0, 0.05) is 31.7 Å². The van der Waals surface area contributed by atoms with E-state index in [2.05, 4.69) is 20.7 Å². The quantitative estimate of drug-likeness (QED) is 0.843. The molecule has 2 heterocycles. The first-order chi connectivity index (χ1) is 8.16. The largest absolute Gasteiger partial charge is 0.338 e. The van der Waals surface area contributed by atoms with Crippen molar-refractivity contribution in [1.82, 2.24) is 15.4 Å². The summed E-state index contributed by atoms with van der Waals surface area (Å²) in [7, 11) is 0. The Morgan fingerprint density at radius 1 is 1.44 bits per heavy atom. The molecule has 2 N–H and O–H groups in total. The van der Waals surface area contributed by atoms with Crippen molar-refractivity contribution >= 4 is 24.2 Å². The van der Waals surface area contributed by atoms with Gasteiger partial charge in [0.25, 0.3) is 0 Å². The number of piperazine rings is 1. The van der Waals surface area contributed by atoms with Crippen LogP contribution in [-0.2, 0) is 4.79 Å². The molecular weight excluding hydrogens is 256 g/mol. The summed E-state index contributed by atoms with van der Waals surface area (Å²) < 4.78 is 5.04. The van der Waals surface area contributed by atoms with Gasteiger partial charge in [-0.05, 0) is 13.8 Å². The van der Waals surface area contributed by atoms with E-state index >= 15 is 0 Å². The molecule has 6 nitrogen and oxygen atoms in total. The number of nitrogens with zero attached hydrogens (tertiary/aromatic N) is 2. The van der Waals surface area contributed by atoms with Gasteiger partial charge in [0.2, 0.25) is 11.8 Å². The molecule has 1 saturated heterocycles. The molecule has 0 unspecified atom stereocenters. The molecule has 0 atom stereocenters. The lowest BCUT2D eigenvalue weighted by Crippen LogP contribution is -2.46. The maximum atomic E-state index is 11.8. The summed E-state index contributed by atoms with van der Waals surface area (Å²) in [5, 5.41) is 9.80. The van der Waals surface area contributed by atoms with Crippen LogP contribution in [0.5, 0.6) is 0 Å². The maximum Gasteiger partial charge on any atom is 0.240 e. The van der Waals surface area contributed by atoms with Gasteiger partial charge in [-0.2, -0.15) is 0 Å². The molecular formula is C11H19ClN4O2. The minimum Gasteiger partial charge on any atom is -0.338 e. The highest BCUT2D eigenvalue weighted by atomic mass is 35.5. The number of aromatic nitrogens is 1. The Labute approximate surface area is 112 Å². The van der Waals surface area contributed by atoms with Gasteiger partial charge in [0.15, 0.2) is 0 Å². The highest BCUT2D eigenvalue weighted by molar-refractivity contribution is 5.91. The van der Waals surface area contributed by atoms with Crippen molar-refractivity contribution in [1.29, 1.82) is 0 Å². The number of carbonyl (C=O) groups excluding carboxylic acids is 1. The van der Waals surface area contributed by atoms with E-state index in [1.54, 1.807) is 0 Å². The number of nitrogens with one attached hydrogen (secondary N) is 2. The first-order valence-electron chi connectivity index (χ1n) is 5.82. The van der Waals surface area contributed by atoms with E-state index in [0.717, 1.165) is 37.4 Å². The highest BCUT2D eigenvalue weighted by Gasteiger charge is 2.16. The Hall–Kier alpha value is -1.11. The van der Waals surface area contributed by atoms with E-state index in [9.17, 15) is 4.79 Å². The van der Waals surface area contributed by atoms with E-state index in [1.807, 2.05) is 13.8 Å². The zero-order valence-electron chi connectivity index (χ0n) is 10.7. The van der Waals surface area contributed by atoms with Gasteiger partial charge in [-0.15, -0.1) is 12.4 Å². The summed E-state index contributed by atoms with van der Waals surface area (Å²) in [5.74, 6) is 0.411. The van der Waals surface area contributed by atoms with Crippen LogP contribution in [-0.4, -0.2) is 48.7 Å². The second-order valence-electron chi connectivity index (χ2n) is 4.30. The Bertz CT molecular complexity index is 402. The molecule has 1 aromatic rings. The molecule has 2 rings (SSSR count). The van der Waals surface area contributed by atoms with Crippen LogP contribution in [0.25, 0.3) is 0 Å². The van der Waals surface area contributed by atoms with Crippen LogP contribution in [0.2, 0.25) is 0 Å². The van der Waals surface area contributed by atoms with Crippen molar-refractivity contribution < 1.29 is 9.32 Å². The summed E-state index contributed by atoms with van der Waals surface area (Å²) in [6, 6.07) is 0. The molecule has 1 fully saturated rings. The molecule has 0 bridgehead atoms. The van der Waals surface area contributed by atoms with Crippen molar-refractivity contribution in [2.75, 3.05) is 38.0 Å². The number of carbonyl (C=O) groups is 1. The topological polar surface area (TPSA) is 70.4 Å². The molecule has 1 amide bonds. The standard InChI is InChI=1S/C11H18N4O2.ClH/c1-8-9(2)14-17-11(8)13-10(16)7-15-5-3-12-4-6-15;/h12H,3-7H2,1-2H3,(H,13,16);1H. The van der Waals surface area contributed by atoms with Crippen molar-refractivity contribution in [2.24, 2.45) is 0 Å². The van der Waals surface area contributed by atoms with Crippen molar-refractivity contribution in [3.63, 3.8) is 0 Å². The predicted molar refractivity (Wildman–Crippen MR) is 71.2 cm³/mol. The van der Waals surface area contributed by atoms with Gasteiger partial charge in [-0.25, -0.2) is 0 Å². The third-order valence-electron chi connectivity index (χ3n) is 2.99. The van der Waals surface area contributed by atoms with E-state index in [0.29, 0.717) is 12.4 Å². The maximum absolute atomic E-state index is 11.8. The summed E-state index contributed by atoms with van der Waals surface area (Å²) in [6.07, 6.45) is 0. The first-order valence-corrected chi connectivity index (χ1v) is 5.82. The lowest BCUT2D eigenvalue weighted by molar-refractivity contribution is -0.117. The summed E-state index contributed by atoms with van der Waals surface area (Å²) in [4.78, 5) is 13.9. The number of hydrogen-bond acceptors (Lipinski definition) is 5. The Kier molecular flexibility index (Phi) is 5.58. The number of halogens is 1. The second kappa shape index (κ2) is 6.72. The molecule has 0 aliphatic carbocycles. The normalized spacial score (nSPS) is 16.1. The molecule has 7 heteroatoms. The van der Waals surface area contributed by atoms with Gasteiger partial charge in [0.1, 0.15) is 0 Å². The van der Waals surface area contributed by atoms with Crippen LogP contribution >= 0.6 is 12.4 Å². The lowest BCUT2D eigenvalue weighted by atomic mass is 10.3. The average molecular weight is 275 g/mol. The van der Waals surface area contributed by atoms with Crippen LogP contribution in [0.4, 0.5) is 5.88 Å². The minimum atomic E-state index is -0.0499. The van der Waals surface area contributed by atoms with Gasteiger partial charge in [-0.1, -0.05) is 5.16 Å². The molecule has 18 heavy (non-hydrogen) atoms. The van der Waals surface area contributed by atoms with Crippen molar-refractivity contribution in [3.05, 3.63) is 11.3 Å². The SMILES string of the molecule is Cc1noc(NC(=O)CN2CCNCC2)c1C.Cl. The fourth-order valence-corrected chi connectivity index (χ4v) is 1.77. The number of anilines is 1. The summed E-state index contributed by atoms with van der Waals surface area (Å²) in [6.45, 7) is 7.82.